The monoisotopic (exact) mass is 473 g/mol. The van der Waals surface area contributed by atoms with Gasteiger partial charge in [0.1, 0.15) is 11.6 Å². The SMILES string of the molecule is O=C1N=C(N2CCCCN2)SC1=Cc1ccc(F)cc1OC(=O)N1CCC(N2CCCC2)C1. The molecule has 4 heterocycles. The molecule has 0 bridgehead atoms. The number of rotatable bonds is 3. The molecule has 3 fully saturated rings. The molecule has 0 aromatic heterocycles. The molecule has 0 radical (unpaired) electrons. The Hall–Kier alpha value is -2.43. The Bertz CT molecular complexity index is 988. The molecular formula is C23H28FN5O3S. The summed E-state index contributed by atoms with van der Waals surface area (Å²) >= 11 is 1.27. The van der Waals surface area contributed by atoms with Crippen LogP contribution in [0.5, 0.6) is 5.75 Å². The molecule has 1 unspecified atom stereocenters. The summed E-state index contributed by atoms with van der Waals surface area (Å²) in [6, 6.07) is 4.37. The summed E-state index contributed by atoms with van der Waals surface area (Å²) in [4.78, 5) is 34.0. The first-order chi connectivity index (χ1) is 16.1. The minimum Gasteiger partial charge on any atom is -0.409 e. The number of aliphatic imine (C=N–C) groups is 1. The number of amidine groups is 1. The number of nitrogens with zero attached hydrogens (tertiary/aromatic N) is 4. The number of amides is 2. The van der Waals surface area contributed by atoms with Crippen molar-refractivity contribution in [3.63, 3.8) is 0 Å². The first-order valence-corrected chi connectivity index (χ1v) is 12.4. The lowest BCUT2D eigenvalue weighted by Crippen LogP contribution is -2.45. The smallest absolute Gasteiger partial charge is 0.409 e. The van der Waals surface area contributed by atoms with Gasteiger partial charge in [-0.05, 0) is 75.2 Å². The fourth-order valence-corrected chi connectivity index (χ4v) is 5.60. The van der Waals surface area contributed by atoms with Crippen LogP contribution in [0.4, 0.5) is 9.18 Å². The summed E-state index contributed by atoms with van der Waals surface area (Å²) in [5, 5.41) is 2.50. The van der Waals surface area contributed by atoms with Crippen molar-refractivity contribution in [1.29, 1.82) is 0 Å². The minimum atomic E-state index is -0.504. The highest BCUT2D eigenvalue weighted by molar-refractivity contribution is 8.18. The van der Waals surface area contributed by atoms with Gasteiger partial charge in [-0.2, -0.15) is 4.99 Å². The third-order valence-electron chi connectivity index (χ3n) is 6.49. The third-order valence-corrected chi connectivity index (χ3v) is 7.50. The standard InChI is InChI=1S/C23H28FN5O3S/c24-17-6-5-16(13-20-21(30)26-22(33-20)29-11-2-1-8-25-29)19(14-17)32-23(31)28-12-7-18(15-28)27-9-3-4-10-27/h5-6,13-14,18,25H,1-4,7-12,15H2. The summed E-state index contributed by atoms with van der Waals surface area (Å²) in [5.74, 6) is -0.747. The normalized spacial score (nSPS) is 25.2. The lowest BCUT2D eigenvalue weighted by molar-refractivity contribution is -0.113. The molecule has 0 saturated carbocycles. The van der Waals surface area contributed by atoms with E-state index < -0.39 is 11.9 Å². The Labute approximate surface area is 196 Å². The second-order valence-corrected chi connectivity index (χ2v) is 9.77. The summed E-state index contributed by atoms with van der Waals surface area (Å²) in [6.07, 6.45) is 6.59. The van der Waals surface area contributed by atoms with Crippen LogP contribution in [0.15, 0.2) is 28.1 Å². The number of hydrazine groups is 1. The Balaban J connectivity index is 1.27. The Morgan fingerprint density at radius 1 is 1.18 bits per heavy atom. The Morgan fingerprint density at radius 2 is 2.00 bits per heavy atom. The maximum absolute atomic E-state index is 14.0. The number of likely N-dealkylation sites (tertiary alicyclic amines) is 2. The van der Waals surface area contributed by atoms with Gasteiger partial charge in [0.25, 0.3) is 5.91 Å². The van der Waals surface area contributed by atoms with Crippen molar-refractivity contribution in [3.05, 3.63) is 34.5 Å². The highest BCUT2D eigenvalue weighted by atomic mass is 32.2. The molecule has 8 nitrogen and oxygen atoms in total. The lowest BCUT2D eigenvalue weighted by atomic mass is 10.2. The fourth-order valence-electron chi connectivity index (χ4n) is 4.69. The van der Waals surface area contributed by atoms with Gasteiger partial charge in [0.15, 0.2) is 5.17 Å². The van der Waals surface area contributed by atoms with Crippen LogP contribution in [0.25, 0.3) is 6.08 Å². The number of hydrogen-bond acceptors (Lipinski definition) is 7. The zero-order valence-corrected chi connectivity index (χ0v) is 19.3. The van der Waals surface area contributed by atoms with E-state index in [1.54, 1.807) is 11.0 Å². The maximum atomic E-state index is 14.0. The number of carbonyl (C=O) groups is 2. The molecule has 33 heavy (non-hydrogen) atoms. The molecule has 10 heteroatoms. The molecule has 4 aliphatic rings. The van der Waals surface area contributed by atoms with Gasteiger partial charge in [-0.15, -0.1) is 0 Å². The van der Waals surface area contributed by atoms with Crippen molar-refractivity contribution in [2.75, 3.05) is 39.3 Å². The minimum absolute atomic E-state index is 0.107. The maximum Gasteiger partial charge on any atom is 0.415 e. The molecule has 0 aliphatic carbocycles. The van der Waals surface area contributed by atoms with Crippen molar-refractivity contribution >= 4 is 35.0 Å². The van der Waals surface area contributed by atoms with Crippen LogP contribution >= 0.6 is 11.8 Å². The zero-order chi connectivity index (χ0) is 22.8. The molecule has 2 amide bonds. The molecule has 0 spiro atoms. The van der Waals surface area contributed by atoms with E-state index >= 15 is 0 Å². The van der Waals surface area contributed by atoms with Gasteiger partial charge in [-0.3, -0.25) is 14.7 Å². The second-order valence-electron chi connectivity index (χ2n) is 8.76. The predicted molar refractivity (Wildman–Crippen MR) is 125 cm³/mol. The first kappa shape index (κ1) is 22.4. The van der Waals surface area contributed by atoms with Crippen LogP contribution in [-0.2, 0) is 4.79 Å². The van der Waals surface area contributed by atoms with Gasteiger partial charge in [-0.1, -0.05) is 0 Å². The number of thioether (sulfide) groups is 1. The van der Waals surface area contributed by atoms with Crippen molar-refractivity contribution < 1.29 is 18.7 Å². The fraction of sp³-hybridized carbons (Fsp3) is 0.522. The number of halogens is 1. The molecular weight excluding hydrogens is 445 g/mol. The van der Waals surface area contributed by atoms with Crippen LogP contribution in [-0.4, -0.2) is 77.3 Å². The topological polar surface area (TPSA) is 77.5 Å². The highest BCUT2D eigenvalue weighted by Gasteiger charge is 2.33. The van der Waals surface area contributed by atoms with E-state index in [9.17, 15) is 14.0 Å². The largest absolute Gasteiger partial charge is 0.415 e. The number of hydrogen-bond donors (Lipinski definition) is 1. The van der Waals surface area contributed by atoms with Crippen molar-refractivity contribution in [2.24, 2.45) is 4.99 Å². The molecule has 3 saturated heterocycles. The third kappa shape index (κ3) is 5.07. The molecule has 176 valence electrons. The average molecular weight is 474 g/mol. The number of benzene rings is 1. The molecule has 1 aromatic carbocycles. The average Bonchev–Trinajstić information content (AvgIpc) is 3.57. The second kappa shape index (κ2) is 9.82. The van der Waals surface area contributed by atoms with Crippen LogP contribution < -0.4 is 10.2 Å². The highest BCUT2D eigenvalue weighted by Crippen LogP contribution is 2.33. The van der Waals surface area contributed by atoms with Gasteiger partial charge in [0, 0.05) is 43.9 Å². The Kier molecular flexibility index (Phi) is 6.66. The van der Waals surface area contributed by atoms with Crippen molar-refractivity contribution in [3.8, 4) is 5.75 Å². The summed E-state index contributed by atoms with van der Waals surface area (Å²) < 4.78 is 19.6. The van der Waals surface area contributed by atoms with E-state index in [2.05, 4.69) is 15.3 Å². The number of ether oxygens (including phenoxy) is 1. The zero-order valence-electron chi connectivity index (χ0n) is 18.5. The van der Waals surface area contributed by atoms with E-state index in [-0.39, 0.29) is 11.7 Å². The number of nitrogens with one attached hydrogen (secondary N) is 1. The summed E-state index contributed by atoms with van der Waals surface area (Å²) in [7, 11) is 0. The molecule has 1 aromatic rings. The predicted octanol–water partition coefficient (Wildman–Crippen LogP) is 3.07. The van der Waals surface area contributed by atoms with Crippen LogP contribution in [0, 0.1) is 5.82 Å². The number of carbonyl (C=O) groups excluding carboxylic acids is 2. The van der Waals surface area contributed by atoms with E-state index in [0.29, 0.717) is 34.8 Å². The Morgan fingerprint density at radius 3 is 2.79 bits per heavy atom. The van der Waals surface area contributed by atoms with Gasteiger partial charge < -0.3 is 9.64 Å². The molecule has 4 aliphatic heterocycles. The van der Waals surface area contributed by atoms with E-state index in [1.165, 1.54) is 42.8 Å². The molecule has 1 atom stereocenters. The lowest BCUT2D eigenvalue weighted by Gasteiger charge is -2.28. The molecule has 1 N–H and O–H groups in total. The first-order valence-electron chi connectivity index (χ1n) is 11.6. The van der Waals surface area contributed by atoms with Crippen LogP contribution in [0.2, 0.25) is 0 Å². The van der Waals surface area contributed by atoms with Crippen LogP contribution in [0.3, 0.4) is 0 Å². The van der Waals surface area contributed by atoms with Crippen molar-refractivity contribution in [1.82, 2.24) is 20.2 Å². The van der Waals surface area contributed by atoms with Gasteiger partial charge in [0.2, 0.25) is 0 Å². The van der Waals surface area contributed by atoms with Gasteiger partial charge in [0.05, 0.1) is 4.91 Å². The van der Waals surface area contributed by atoms with E-state index in [4.69, 9.17) is 4.74 Å². The van der Waals surface area contributed by atoms with Crippen LogP contribution in [0.1, 0.15) is 37.7 Å². The quantitative estimate of drug-likeness (QED) is 0.676. The van der Waals surface area contributed by atoms with E-state index in [0.717, 1.165) is 45.4 Å². The van der Waals surface area contributed by atoms with Gasteiger partial charge in [-0.25, -0.2) is 14.6 Å². The van der Waals surface area contributed by atoms with E-state index in [1.807, 2.05) is 5.01 Å². The van der Waals surface area contributed by atoms with Gasteiger partial charge >= 0.3 is 6.09 Å². The van der Waals surface area contributed by atoms with Crippen molar-refractivity contribution in [2.45, 2.75) is 38.1 Å². The molecule has 5 rings (SSSR count). The summed E-state index contributed by atoms with van der Waals surface area (Å²) in [5.41, 5.74) is 3.71. The summed E-state index contributed by atoms with van der Waals surface area (Å²) in [6.45, 7) is 5.05.